The third-order valence-corrected chi connectivity index (χ3v) is 2.67. The molecule has 0 nitrogen and oxygen atoms in total. The van der Waals surface area contributed by atoms with Crippen molar-refractivity contribution < 1.29 is 0 Å². The first-order chi connectivity index (χ1) is 6.20. The van der Waals surface area contributed by atoms with Gasteiger partial charge in [-0.05, 0) is 24.2 Å². The second-order valence-corrected chi connectivity index (χ2v) is 4.50. The van der Waals surface area contributed by atoms with Crippen LogP contribution in [0.3, 0.4) is 0 Å². The molecule has 0 fully saturated rings. The summed E-state index contributed by atoms with van der Waals surface area (Å²) >= 11 is 3.43. The van der Waals surface area contributed by atoms with Crippen LogP contribution in [0.1, 0.15) is 52.9 Å². The van der Waals surface area contributed by atoms with Crippen molar-refractivity contribution in [1.82, 2.24) is 0 Å². The van der Waals surface area contributed by atoms with Crippen molar-refractivity contribution in [3.63, 3.8) is 0 Å². The van der Waals surface area contributed by atoms with Crippen LogP contribution >= 0.6 is 15.9 Å². The van der Waals surface area contributed by atoms with Crippen LogP contribution in [0.5, 0.6) is 0 Å². The van der Waals surface area contributed by atoms with Gasteiger partial charge in [0.15, 0.2) is 0 Å². The average Bonchev–Trinajstić information content (AvgIpc) is 2.13. The Labute approximate surface area is 91.2 Å². The first-order valence-electron chi connectivity index (χ1n) is 5.22. The molecule has 0 spiro atoms. The van der Waals surface area contributed by atoms with Crippen molar-refractivity contribution in [2.24, 2.45) is 0 Å². The third kappa shape index (κ3) is 8.29. The maximum atomic E-state index is 3.43. The summed E-state index contributed by atoms with van der Waals surface area (Å²) in [4.78, 5) is 0. The fourth-order valence-corrected chi connectivity index (χ4v) is 1.40. The second-order valence-electron chi connectivity index (χ2n) is 3.48. The van der Waals surface area contributed by atoms with Crippen LogP contribution in [0.15, 0.2) is 22.2 Å². The zero-order chi connectivity index (χ0) is 10.1. The van der Waals surface area contributed by atoms with Crippen molar-refractivity contribution in [2.75, 3.05) is 0 Å². The van der Waals surface area contributed by atoms with E-state index in [0.717, 1.165) is 0 Å². The largest absolute Gasteiger partial charge is 0.0730 e. The fraction of sp³-hybridized carbons (Fsp3) is 0.667. The predicted molar refractivity (Wildman–Crippen MR) is 65.2 cm³/mol. The van der Waals surface area contributed by atoms with Gasteiger partial charge >= 0.3 is 0 Å². The Morgan fingerprint density at radius 1 is 1.15 bits per heavy atom. The van der Waals surface area contributed by atoms with Gasteiger partial charge in [-0.2, -0.15) is 0 Å². The van der Waals surface area contributed by atoms with Crippen LogP contribution in [0.25, 0.3) is 0 Å². The smallest absolute Gasteiger partial charge is 0.00462 e. The minimum absolute atomic E-state index is 1.18. The summed E-state index contributed by atoms with van der Waals surface area (Å²) < 4.78 is 1.32. The van der Waals surface area contributed by atoms with E-state index >= 15 is 0 Å². The van der Waals surface area contributed by atoms with Crippen molar-refractivity contribution in [1.29, 1.82) is 0 Å². The zero-order valence-electron chi connectivity index (χ0n) is 9.07. The lowest BCUT2D eigenvalue weighted by Gasteiger charge is -2.04. The molecule has 13 heavy (non-hydrogen) atoms. The quantitative estimate of drug-likeness (QED) is 0.627. The average molecular weight is 245 g/mol. The molecule has 0 aromatic heterocycles. The molecule has 0 unspecified atom stereocenters. The lowest BCUT2D eigenvalue weighted by molar-refractivity contribution is 0.772. The molecule has 0 saturated carbocycles. The topological polar surface area (TPSA) is 0 Å². The summed E-state index contributed by atoms with van der Waals surface area (Å²) in [6.45, 7) is 6.59. The molecule has 1 aliphatic rings. The molecule has 0 bridgehead atoms. The molecule has 76 valence electrons. The van der Waals surface area contributed by atoms with E-state index in [9.17, 15) is 0 Å². The molecule has 0 aromatic carbocycles. The van der Waals surface area contributed by atoms with Crippen molar-refractivity contribution >= 4 is 15.9 Å². The predicted octanol–water partition coefficient (Wildman–Crippen LogP) is 5.20. The molecule has 1 heteroatoms. The van der Waals surface area contributed by atoms with Gasteiger partial charge in [-0.3, -0.25) is 0 Å². The SMILES string of the molecule is CC1=CC=C(Br)CC1.CCCCC. The standard InChI is InChI=1S/C7H9Br.C5H12/c1-6-2-4-7(8)5-3-6;1-3-5-4-2/h2,4H,3,5H2,1H3;3-5H2,1-2H3. The Balaban J connectivity index is 0.000000252. The summed E-state index contributed by atoms with van der Waals surface area (Å²) in [5.74, 6) is 0. The number of rotatable bonds is 2. The molecule has 0 N–H and O–H groups in total. The van der Waals surface area contributed by atoms with Crippen LogP contribution in [0.4, 0.5) is 0 Å². The number of halogens is 1. The van der Waals surface area contributed by atoms with Gasteiger partial charge in [0.2, 0.25) is 0 Å². The highest BCUT2D eigenvalue weighted by atomic mass is 79.9. The summed E-state index contributed by atoms with van der Waals surface area (Å²) in [7, 11) is 0. The van der Waals surface area contributed by atoms with Gasteiger partial charge in [0.1, 0.15) is 0 Å². The van der Waals surface area contributed by atoms with E-state index < -0.39 is 0 Å². The lowest BCUT2D eigenvalue weighted by atomic mass is 10.1. The van der Waals surface area contributed by atoms with Crippen molar-refractivity contribution in [3.8, 4) is 0 Å². The van der Waals surface area contributed by atoms with Crippen LogP contribution in [-0.4, -0.2) is 0 Å². The number of unbranched alkanes of at least 4 members (excludes halogenated alkanes) is 2. The van der Waals surface area contributed by atoms with E-state index in [0.29, 0.717) is 0 Å². The van der Waals surface area contributed by atoms with E-state index in [2.05, 4.69) is 48.9 Å². The highest BCUT2D eigenvalue weighted by Crippen LogP contribution is 2.21. The van der Waals surface area contributed by atoms with Gasteiger partial charge in [-0.1, -0.05) is 66.8 Å². The van der Waals surface area contributed by atoms with Crippen LogP contribution in [-0.2, 0) is 0 Å². The molecular formula is C12H21Br. The molecule has 0 radical (unpaired) electrons. The number of allylic oxidation sites excluding steroid dienone is 4. The van der Waals surface area contributed by atoms with Gasteiger partial charge in [0, 0.05) is 0 Å². The Bertz CT molecular complexity index is 158. The Kier molecular flexibility index (Phi) is 8.53. The normalized spacial score (nSPS) is 15.4. The van der Waals surface area contributed by atoms with E-state index in [1.54, 1.807) is 0 Å². The number of hydrogen-bond donors (Lipinski definition) is 0. The van der Waals surface area contributed by atoms with Crippen molar-refractivity contribution in [2.45, 2.75) is 52.9 Å². The van der Waals surface area contributed by atoms with Crippen LogP contribution < -0.4 is 0 Å². The molecule has 0 amide bonds. The minimum atomic E-state index is 1.18. The van der Waals surface area contributed by atoms with E-state index in [1.807, 2.05) is 0 Å². The molecule has 0 atom stereocenters. The third-order valence-electron chi connectivity index (χ3n) is 2.01. The second kappa shape index (κ2) is 8.55. The van der Waals surface area contributed by atoms with Gasteiger partial charge in [-0.25, -0.2) is 0 Å². The van der Waals surface area contributed by atoms with Crippen molar-refractivity contribution in [3.05, 3.63) is 22.2 Å². The molecule has 0 heterocycles. The van der Waals surface area contributed by atoms with Gasteiger partial charge in [0.25, 0.3) is 0 Å². The Hall–Kier alpha value is -0.0400. The zero-order valence-corrected chi connectivity index (χ0v) is 10.7. The van der Waals surface area contributed by atoms with Gasteiger partial charge in [0.05, 0.1) is 0 Å². The van der Waals surface area contributed by atoms with Crippen LogP contribution in [0.2, 0.25) is 0 Å². The van der Waals surface area contributed by atoms with E-state index in [4.69, 9.17) is 0 Å². The maximum Gasteiger partial charge on any atom is -0.00462 e. The monoisotopic (exact) mass is 244 g/mol. The molecule has 0 aromatic rings. The first kappa shape index (κ1) is 13.0. The highest BCUT2D eigenvalue weighted by molar-refractivity contribution is 9.11. The summed E-state index contributed by atoms with van der Waals surface area (Å²) in [5, 5.41) is 0. The summed E-state index contributed by atoms with van der Waals surface area (Å²) in [5.41, 5.74) is 1.48. The lowest BCUT2D eigenvalue weighted by Crippen LogP contribution is -1.83. The highest BCUT2D eigenvalue weighted by Gasteiger charge is 1.97. The summed E-state index contributed by atoms with van der Waals surface area (Å²) in [6, 6.07) is 0. The molecule has 0 saturated heterocycles. The molecule has 1 rings (SSSR count). The van der Waals surface area contributed by atoms with Gasteiger partial charge < -0.3 is 0 Å². The Morgan fingerprint density at radius 3 is 2.00 bits per heavy atom. The minimum Gasteiger partial charge on any atom is -0.0730 e. The molecule has 0 aliphatic heterocycles. The van der Waals surface area contributed by atoms with Gasteiger partial charge in [-0.15, -0.1) is 0 Å². The maximum absolute atomic E-state index is 3.43. The fourth-order valence-electron chi connectivity index (χ4n) is 1.07. The van der Waals surface area contributed by atoms with E-state index in [1.165, 1.54) is 42.2 Å². The first-order valence-corrected chi connectivity index (χ1v) is 6.01. The molecule has 1 aliphatic carbocycles. The Morgan fingerprint density at radius 2 is 1.77 bits per heavy atom. The number of hydrogen-bond acceptors (Lipinski definition) is 0. The summed E-state index contributed by atoms with van der Waals surface area (Å²) in [6.07, 6.45) is 10.8. The molecular weight excluding hydrogens is 224 g/mol. The van der Waals surface area contributed by atoms with E-state index in [-0.39, 0.29) is 0 Å². The van der Waals surface area contributed by atoms with Crippen LogP contribution in [0, 0.1) is 0 Å².